The van der Waals surface area contributed by atoms with Gasteiger partial charge in [0.1, 0.15) is 11.7 Å². The molecule has 0 aromatic rings. The van der Waals surface area contributed by atoms with Crippen molar-refractivity contribution in [1.82, 2.24) is 0 Å². The number of rotatable bonds is 1. The maximum Gasteiger partial charge on any atom is 0.121 e. The molecule has 3 nitrogen and oxygen atoms in total. The molecule has 0 bridgehead atoms. The van der Waals surface area contributed by atoms with Crippen LogP contribution < -0.4 is 0 Å². The number of epoxide rings is 1. The van der Waals surface area contributed by atoms with Gasteiger partial charge in [0.25, 0.3) is 0 Å². The molecule has 1 saturated carbocycles. The molecule has 1 radical (unpaired) electrons. The van der Waals surface area contributed by atoms with Gasteiger partial charge in [0.2, 0.25) is 0 Å². The third-order valence-electron chi connectivity index (χ3n) is 3.20. The summed E-state index contributed by atoms with van der Waals surface area (Å²) in [5.74, 6) is 0.442. The van der Waals surface area contributed by atoms with Gasteiger partial charge in [-0.05, 0) is 24.3 Å². The summed E-state index contributed by atoms with van der Waals surface area (Å²) in [6.45, 7) is 5.97. The van der Waals surface area contributed by atoms with E-state index in [0.717, 1.165) is 18.4 Å². The number of aliphatic hydroxyl groups is 2. The zero-order valence-electron chi connectivity index (χ0n) is 8.44. The monoisotopic (exact) mass is 411 g/mol. The van der Waals surface area contributed by atoms with Crippen molar-refractivity contribution in [2.45, 2.75) is 37.6 Å². The first kappa shape index (κ1) is 13.1. The quantitative estimate of drug-likeness (QED) is 0.487. The van der Waals surface area contributed by atoms with Crippen molar-refractivity contribution in [2.75, 3.05) is 6.61 Å². The van der Waals surface area contributed by atoms with E-state index in [1.54, 1.807) is 0 Å². The van der Waals surface area contributed by atoms with Crippen molar-refractivity contribution in [2.24, 2.45) is 5.92 Å². The van der Waals surface area contributed by atoms with Gasteiger partial charge < -0.3 is 14.9 Å². The molecular weight excluding hydrogens is 395 g/mol. The number of hydrogen-bond acceptors (Lipinski definition) is 3. The summed E-state index contributed by atoms with van der Waals surface area (Å²) >= 11 is 0. The molecule has 2 N–H and O–H groups in total. The number of aliphatic hydroxyl groups excluding tert-OH is 2. The van der Waals surface area contributed by atoms with E-state index in [2.05, 4.69) is 13.5 Å². The summed E-state index contributed by atoms with van der Waals surface area (Å²) in [7, 11) is 0. The first-order valence-electron chi connectivity index (χ1n) is 4.76. The molecule has 4 atom stereocenters. The molecule has 1 saturated heterocycles. The van der Waals surface area contributed by atoms with Crippen LogP contribution >= 0.6 is 0 Å². The third kappa shape index (κ3) is 1.97. The van der Waals surface area contributed by atoms with Crippen LogP contribution in [0.2, 0.25) is 0 Å². The maximum absolute atomic E-state index is 9.68. The van der Waals surface area contributed by atoms with Crippen molar-refractivity contribution >= 4 is 0 Å². The van der Waals surface area contributed by atoms with Crippen LogP contribution in [0.4, 0.5) is 0 Å². The van der Waals surface area contributed by atoms with Gasteiger partial charge >= 0.3 is 0 Å². The fourth-order valence-electron chi connectivity index (χ4n) is 2.40. The van der Waals surface area contributed by atoms with E-state index in [9.17, 15) is 5.11 Å². The number of ether oxygens (including phenoxy) is 1. The Bertz CT molecular complexity index is 244. The summed E-state index contributed by atoms with van der Waals surface area (Å²) in [6.07, 6.45) is 1.06. The minimum Gasteiger partial charge on any atom is -0.394 e. The summed E-state index contributed by atoms with van der Waals surface area (Å²) in [5, 5.41) is 18.6. The van der Waals surface area contributed by atoms with Gasteiger partial charge in [-0.3, -0.25) is 0 Å². The molecule has 1 heterocycles. The van der Waals surface area contributed by atoms with E-state index in [1.807, 2.05) is 0 Å². The van der Waals surface area contributed by atoms with Crippen molar-refractivity contribution < 1.29 is 59.0 Å². The standard InChI is InChI=1S/C10H16O3.Ac/c1-6-3-8(12)7(2)10(4-6)9(5-11)13-10;/h6,8-9,11-12H,2-5H2,1H3;. The second kappa shape index (κ2) is 4.51. The molecule has 77 valence electrons. The second-order valence-corrected chi connectivity index (χ2v) is 4.26. The van der Waals surface area contributed by atoms with Crippen LogP contribution in [0, 0.1) is 50.0 Å². The second-order valence-electron chi connectivity index (χ2n) is 4.26. The van der Waals surface area contributed by atoms with E-state index in [1.165, 1.54) is 0 Å². The van der Waals surface area contributed by atoms with Gasteiger partial charge in [-0.2, -0.15) is 0 Å². The Morgan fingerprint density at radius 3 is 2.79 bits per heavy atom. The fourth-order valence-corrected chi connectivity index (χ4v) is 2.40. The maximum atomic E-state index is 9.68. The zero-order valence-corrected chi connectivity index (χ0v) is 13.2. The largest absolute Gasteiger partial charge is 0.394 e. The zero-order chi connectivity index (χ0) is 9.64. The molecular formula is C10H16AcO3. The Hall–Kier alpha value is 1.06. The molecule has 1 aliphatic heterocycles. The van der Waals surface area contributed by atoms with Gasteiger partial charge in [-0.25, -0.2) is 0 Å². The smallest absolute Gasteiger partial charge is 0.121 e. The van der Waals surface area contributed by atoms with Crippen LogP contribution in [-0.4, -0.2) is 34.6 Å². The van der Waals surface area contributed by atoms with E-state index in [-0.39, 0.29) is 56.8 Å². The first-order chi connectivity index (χ1) is 6.10. The Kier molecular flexibility index (Phi) is 4.23. The Morgan fingerprint density at radius 2 is 2.29 bits per heavy atom. The van der Waals surface area contributed by atoms with Crippen LogP contribution in [0.3, 0.4) is 0 Å². The molecule has 2 aliphatic rings. The normalized spacial score (nSPS) is 46.2. The van der Waals surface area contributed by atoms with Crippen LogP contribution in [0.5, 0.6) is 0 Å². The Morgan fingerprint density at radius 1 is 1.64 bits per heavy atom. The minimum atomic E-state index is -0.458. The summed E-state index contributed by atoms with van der Waals surface area (Å²) < 4.78 is 5.44. The Balaban J connectivity index is 0.000000980. The predicted octanol–water partition coefficient (Wildman–Crippen LogP) is 0.463. The average Bonchev–Trinajstić information content (AvgIpc) is 2.75. The summed E-state index contributed by atoms with van der Waals surface area (Å²) in [4.78, 5) is 0. The van der Waals surface area contributed by atoms with Crippen molar-refractivity contribution in [3.8, 4) is 0 Å². The van der Waals surface area contributed by atoms with Crippen molar-refractivity contribution in [3.63, 3.8) is 0 Å². The first-order valence-corrected chi connectivity index (χ1v) is 4.76. The molecule has 1 aliphatic carbocycles. The summed E-state index contributed by atoms with van der Waals surface area (Å²) in [6, 6.07) is 0. The minimum absolute atomic E-state index is 0. The molecule has 0 aromatic carbocycles. The summed E-state index contributed by atoms with van der Waals surface area (Å²) in [5.41, 5.74) is 0.357. The van der Waals surface area contributed by atoms with Crippen molar-refractivity contribution in [1.29, 1.82) is 0 Å². The van der Waals surface area contributed by atoms with E-state index < -0.39 is 11.7 Å². The van der Waals surface area contributed by atoms with Crippen LogP contribution in [0.25, 0.3) is 0 Å². The fraction of sp³-hybridized carbons (Fsp3) is 0.800. The molecule has 0 aromatic heterocycles. The van der Waals surface area contributed by atoms with Gasteiger partial charge in [0.15, 0.2) is 0 Å². The molecule has 2 fully saturated rings. The molecule has 1 spiro atoms. The van der Waals surface area contributed by atoms with E-state index in [0.29, 0.717) is 5.92 Å². The topological polar surface area (TPSA) is 53.0 Å². The number of hydrogen-bond donors (Lipinski definition) is 2. The van der Waals surface area contributed by atoms with E-state index in [4.69, 9.17) is 9.84 Å². The molecule has 14 heavy (non-hydrogen) atoms. The van der Waals surface area contributed by atoms with Crippen LogP contribution in [0.15, 0.2) is 12.2 Å². The van der Waals surface area contributed by atoms with Crippen molar-refractivity contribution in [3.05, 3.63) is 12.2 Å². The predicted molar refractivity (Wildman–Crippen MR) is 48.2 cm³/mol. The SMILES string of the molecule is C=C1C(O)CC(C)CC12OC2CO.[Ac]. The van der Waals surface area contributed by atoms with Gasteiger partial charge in [-0.1, -0.05) is 13.5 Å². The average molecular weight is 411 g/mol. The molecule has 0 amide bonds. The van der Waals surface area contributed by atoms with E-state index >= 15 is 0 Å². The third-order valence-corrected chi connectivity index (χ3v) is 3.20. The van der Waals surface area contributed by atoms with Crippen LogP contribution in [0.1, 0.15) is 19.8 Å². The van der Waals surface area contributed by atoms with Gasteiger partial charge in [0.05, 0.1) is 12.7 Å². The van der Waals surface area contributed by atoms with Gasteiger partial charge in [0, 0.05) is 44.1 Å². The molecule has 4 heteroatoms. The molecule has 4 unspecified atom stereocenters. The van der Waals surface area contributed by atoms with Gasteiger partial charge in [-0.15, -0.1) is 0 Å². The van der Waals surface area contributed by atoms with Crippen LogP contribution in [-0.2, 0) is 4.74 Å². The molecule has 2 rings (SSSR count). The Labute approximate surface area is 120 Å².